The Morgan fingerprint density at radius 1 is 1.08 bits per heavy atom. The molecule has 2 rings (SSSR count). The molecular formula is C20H24N2O4. The Labute approximate surface area is 153 Å². The molecular weight excluding hydrogens is 332 g/mol. The van der Waals surface area contributed by atoms with Gasteiger partial charge in [0.05, 0.1) is 19.9 Å². The van der Waals surface area contributed by atoms with Gasteiger partial charge in [-0.2, -0.15) is 0 Å². The smallest absolute Gasteiger partial charge is 0.226 e. The van der Waals surface area contributed by atoms with Crippen molar-refractivity contribution in [1.29, 1.82) is 0 Å². The molecule has 0 saturated heterocycles. The third-order valence-electron chi connectivity index (χ3n) is 3.92. The van der Waals surface area contributed by atoms with Gasteiger partial charge in [-0.1, -0.05) is 12.1 Å². The van der Waals surface area contributed by atoms with Crippen LogP contribution in [-0.2, 0) is 9.59 Å². The van der Waals surface area contributed by atoms with Gasteiger partial charge in [0.2, 0.25) is 11.8 Å². The Morgan fingerprint density at radius 2 is 1.85 bits per heavy atom. The molecule has 6 heteroatoms. The average molecular weight is 356 g/mol. The van der Waals surface area contributed by atoms with Crippen molar-refractivity contribution in [2.24, 2.45) is 0 Å². The zero-order valence-corrected chi connectivity index (χ0v) is 15.5. The molecule has 0 fully saturated rings. The van der Waals surface area contributed by atoms with E-state index >= 15 is 0 Å². The van der Waals surface area contributed by atoms with Crippen LogP contribution in [-0.4, -0.2) is 32.6 Å². The van der Waals surface area contributed by atoms with E-state index in [2.05, 4.69) is 5.32 Å². The maximum absolute atomic E-state index is 12.3. The Bertz CT molecular complexity index is 789. The van der Waals surface area contributed by atoms with Crippen LogP contribution in [0.2, 0.25) is 0 Å². The standard InChI is InChI=1S/C20H24N2O4/c1-14-6-5-7-16(12-14)21-20(24)10-11-22(15(2)23)18-13-17(25-3)8-9-19(18)26-4/h5-9,12-13H,10-11H2,1-4H3,(H,21,24). The minimum absolute atomic E-state index is 0.161. The van der Waals surface area contributed by atoms with Crippen molar-refractivity contribution < 1.29 is 19.1 Å². The number of hydrogen-bond donors (Lipinski definition) is 1. The molecule has 0 radical (unpaired) electrons. The number of ether oxygens (including phenoxy) is 2. The fraction of sp³-hybridized carbons (Fsp3) is 0.300. The summed E-state index contributed by atoms with van der Waals surface area (Å²) < 4.78 is 10.6. The van der Waals surface area contributed by atoms with Crippen LogP contribution in [0.1, 0.15) is 18.9 Å². The minimum atomic E-state index is -0.181. The zero-order chi connectivity index (χ0) is 19.1. The van der Waals surface area contributed by atoms with Crippen LogP contribution in [0.5, 0.6) is 11.5 Å². The van der Waals surface area contributed by atoms with Gasteiger partial charge in [-0.25, -0.2) is 0 Å². The quantitative estimate of drug-likeness (QED) is 0.826. The van der Waals surface area contributed by atoms with Gasteiger partial charge >= 0.3 is 0 Å². The molecule has 2 amide bonds. The monoisotopic (exact) mass is 356 g/mol. The third-order valence-corrected chi connectivity index (χ3v) is 3.92. The number of anilines is 2. The van der Waals surface area contributed by atoms with E-state index in [1.54, 1.807) is 25.3 Å². The summed E-state index contributed by atoms with van der Waals surface area (Å²) in [5.74, 6) is 0.806. The number of rotatable bonds is 7. The largest absolute Gasteiger partial charge is 0.497 e. The highest BCUT2D eigenvalue weighted by Gasteiger charge is 2.18. The summed E-state index contributed by atoms with van der Waals surface area (Å²) in [5, 5.41) is 2.85. The van der Waals surface area contributed by atoms with E-state index in [0.717, 1.165) is 11.3 Å². The van der Waals surface area contributed by atoms with Gasteiger partial charge in [-0.05, 0) is 36.8 Å². The first-order valence-electron chi connectivity index (χ1n) is 8.31. The SMILES string of the molecule is COc1ccc(OC)c(N(CCC(=O)Nc2cccc(C)c2)C(C)=O)c1. The van der Waals surface area contributed by atoms with Crippen LogP contribution in [0.15, 0.2) is 42.5 Å². The summed E-state index contributed by atoms with van der Waals surface area (Å²) in [6.45, 7) is 3.65. The highest BCUT2D eigenvalue weighted by Crippen LogP contribution is 2.32. The van der Waals surface area contributed by atoms with Crippen molar-refractivity contribution in [3.8, 4) is 11.5 Å². The first kappa shape index (κ1) is 19.3. The van der Waals surface area contributed by atoms with E-state index in [-0.39, 0.29) is 24.8 Å². The Kier molecular flexibility index (Phi) is 6.60. The molecule has 6 nitrogen and oxygen atoms in total. The molecule has 0 atom stereocenters. The second kappa shape index (κ2) is 8.89. The van der Waals surface area contributed by atoms with Crippen molar-refractivity contribution in [2.75, 3.05) is 31.0 Å². The first-order chi connectivity index (χ1) is 12.4. The molecule has 0 aromatic heterocycles. The van der Waals surface area contributed by atoms with E-state index in [9.17, 15) is 9.59 Å². The molecule has 0 spiro atoms. The number of carbonyl (C=O) groups excluding carboxylic acids is 2. The van der Waals surface area contributed by atoms with Crippen LogP contribution in [0.3, 0.4) is 0 Å². The van der Waals surface area contributed by atoms with Crippen molar-refractivity contribution >= 4 is 23.2 Å². The lowest BCUT2D eigenvalue weighted by atomic mass is 10.2. The highest BCUT2D eigenvalue weighted by molar-refractivity contribution is 5.96. The number of nitrogens with zero attached hydrogens (tertiary/aromatic N) is 1. The fourth-order valence-corrected chi connectivity index (χ4v) is 2.61. The second-order valence-electron chi connectivity index (χ2n) is 5.88. The normalized spacial score (nSPS) is 10.2. The summed E-state index contributed by atoms with van der Waals surface area (Å²) in [4.78, 5) is 25.9. The number of amides is 2. The van der Waals surface area contributed by atoms with Gasteiger partial charge in [0.15, 0.2) is 0 Å². The number of carbonyl (C=O) groups is 2. The molecule has 0 saturated carbocycles. The fourth-order valence-electron chi connectivity index (χ4n) is 2.61. The van der Waals surface area contributed by atoms with Crippen molar-refractivity contribution in [2.45, 2.75) is 20.3 Å². The predicted molar refractivity (Wildman–Crippen MR) is 102 cm³/mol. The molecule has 0 aliphatic rings. The van der Waals surface area contributed by atoms with Gasteiger partial charge in [0.25, 0.3) is 0 Å². The number of hydrogen-bond acceptors (Lipinski definition) is 4. The van der Waals surface area contributed by atoms with Crippen molar-refractivity contribution in [3.05, 3.63) is 48.0 Å². The topological polar surface area (TPSA) is 67.9 Å². The number of benzene rings is 2. The van der Waals surface area contributed by atoms with Gasteiger partial charge in [0, 0.05) is 31.6 Å². The van der Waals surface area contributed by atoms with Gasteiger partial charge in [-0.15, -0.1) is 0 Å². The van der Waals surface area contributed by atoms with Crippen molar-refractivity contribution in [1.82, 2.24) is 0 Å². The van der Waals surface area contributed by atoms with Crippen LogP contribution >= 0.6 is 0 Å². The summed E-state index contributed by atoms with van der Waals surface area (Å²) in [6, 6.07) is 12.8. The summed E-state index contributed by atoms with van der Waals surface area (Å²) >= 11 is 0. The highest BCUT2D eigenvalue weighted by atomic mass is 16.5. The average Bonchev–Trinajstić information content (AvgIpc) is 2.61. The second-order valence-corrected chi connectivity index (χ2v) is 5.88. The maximum atomic E-state index is 12.3. The van der Waals surface area contributed by atoms with E-state index in [0.29, 0.717) is 17.2 Å². The molecule has 138 valence electrons. The first-order valence-corrected chi connectivity index (χ1v) is 8.31. The van der Waals surface area contributed by atoms with E-state index in [1.165, 1.54) is 18.9 Å². The summed E-state index contributed by atoms with van der Waals surface area (Å²) in [7, 11) is 3.09. The molecule has 26 heavy (non-hydrogen) atoms. The molecule has 0 bridgehead atoms. The molecule has 1 N–H and O–H groups in total. The van der Waals surface area contributed by atoms with Crippen LogP contribution < -0.4 is 19.7 Å². The van der Waals surface area contributed by atoms with E-state index < -0.39 is 0 Å². The minimum Gasteiger partial charge on any atom is -0.497 e. The lowest BCUT2D eigenvalue weighted by molar-refractivity contribution is -0.117. The van der Waals surface area contributed by atoms with E-state index in [1.807, 2.05) is 31.2 Å². The lowest BCUT2D eigenvalue weighted by Gasteiger charge is -2.23. The summed E-state index contributed by atoms with van der Waals surface area (Å²) in [6.07, 6.45) is 0.161. The Balaban J connectivity index is 2.11. The lowest BCUT2D eigenvalue weighted by Crippen LogP contribution is -2.32. The van der Waals surface area contributed by atoms with Crippen LogP contribution in [0, 0.1) is 6.92 Å². The molecule has 0 aliphatic heterocycles. The molecule has 2 aromatic carbocycles. The molecule has 0 aliphatic carbocycles. The maximum Gasteiger partial charge on any atom is 0.226 e. The Hall–Kier alpha value is -3.02. The predicted octanol–water partition coefficient (Wildman–Crippen LogP) is 3.39. The van der Waals surface area contributed by atoms with Gasteiger partial charge in [-0.3, -0.25) is 9.59 Å². The summed E-state index contributed by atoms with van der Waals surface area (Å²) in [5.41, 5.74) is 2.38. The number of methoxy groups -OCH3 is 2. The van der Waals surface area contributed by atoms with Gasteiger partial charge in [0.1, 0.15) is 11.5 Å². The van der Waals surface area contributed by atoms with Crippen molar-refractivity contribution in [3.63, 3.8) is 0 Å². The van der Waals surface area contributed by atoms with Crippen LogP contribution in [0.4, 0.5) is 11.4 Å². The third kappa shape index (κ3) is 4.99. The van der Waals surface area contributed by atoms with Crippen LogP contribution in [0.25, 0.3) is 0 Å². The van der Waals surface area contributed by atoms with E-state index in [4.69, 9.17) is 9.47 Å². The molecule has 0 unspecified atom stereocenters. The Morgan fingerprint density at radius 3 is 2.46 bits per heavy atom. The molecule has 0 heterocycles. The number of aryl methyl sites for hydroxylation is 1. The number of nitrogens with one attached hydrogen (secondary N) is 1. The van der Waals surface area contributed by atoms with Gasteiger partial charge < -0.3 is 19.7 Å². The molecule has 2 aromatic rings. The zero-order valence-electron chi connectivity index (χ0n) is 15.5.